The van der Waals surface area contributed by atoms with Gasteiger partial charge in [0, 0.05) is 6.54 Å². The summed E-state index contributed by atoms with van der Waals surface area (Å²) >= 11 is 0. The molecule has 4 nitrogen and oxygen atoms in total. The number of rotatable bonds is 4. The van der Waals surface area contributed by atoms with E-state index in [1.807, 2.05) is 23.1 Å². The van der Waals surface area contributed by atoms with Crippen LogP contribution in [0.25, 0.3) is 0 Å². The molecule has 2 aromatic rings. The summed E-state index contributed by atoms with van der Waals surface area (Å²) < 4.78 is 10.8. The van der Waals surface area contributed by atoms with Crippen LogP contribution in [0.1, 0.15) is 40.4 Å². The van der Waals surface area contributed by atoms with Gasteiger partial charge in [-0.1, -0.05) is 30.3 Å². The highest BCUT2D eigenvalue weighted by Crippen LogP contribution is 2.38. The predicted molar refractivity (Wildman–Crippen MR) is 93.7 cm³/mol. The van der Waals surface area contributed by atoms with E-state index in [9.17, 15) is 4.79 Å². The van der Waals surface area contributed by atoms with Gasteiger partial charge in [-0.25, -0.2) is 0 Å². The lowest BCUT2D eigenvalue weighted by Crippen LogP contribution is -2.31. The van der Waals surface area contributed by atoms with Crippen molar-refractivity contribution in [2.45, 2.75) is 25.8 Å². The van der Waals surface area contributed by atoms with Crippen molar-refractivity contribution in [1.82, 2.24) is 4.90 Å². The van der Waals surface area contributed by atoms with Gasteiger partial charge in [0.2, 0.25) is 0 Å². The first-order valence-corrected chi connectivity index (χ1v) is 8.25. The Bertz CT molecular complexity index is 719. The molecule has 0 unspecified atom stereocenters. The molecule has 0 N–H and O–H groups in total. The molecular weight excluding hydrogens is 302 g/mol. The number of ether oxygens (including phenoxy) is 2. The highest BCUT2D eigenvalue weighted by atomic mass is 16.5. The van der Waals surface area contributed by atoms with Crippen molar-refractivity contribution in [1.29, 1.82) is 0 Å². The van der Waals surface area contributed by atoms with Gasteiger partial charge in [0.1, 0.15) is 17.1 Å². The molecule has 3 rings (SSSR count). The van der Waals surface area contributed by atoms with Crippen molar-refractivity contribution in [3.63, 3.8) is 0 Å². The van der Waals surface area contributed by atoms with Crippen LogP contribution in [0.4, 0.5) is 0 Å². The van der Waals surface area contributed by atoms with E-state index in [0.29, 0.717) is 17.1 Å². The number of benzene rings is 2. The Morgan fingerprint density at radius 1 is 1.04 bits per heavy atom. The summed E-state index contributed by atoms with van der Waals surface area (Å²) in [5, 5.41) is 0. The molecular formula is C20H23NO3. The number of methoxy groups -OCH3 is 2. The van der Waals surface area contributed by atoms with Gasteiger partial charge in [0.25, 0.3) is 5.91 Å². The van der Waals surface area contributed by atoms with Crippen LogP contribution in [0, 0.1) is 6.92 Å². The summed E-state index contributed by atoms with van der Waals surface area (Å²) in [5.41, 5.74) is 2.94. The minimum absolute atomic E-state index is 0.0324. The van der Waals surface area contributed by atoms with Gasteiger partial charge in [0.15, 0.2) is 0 Å². The quantitative estimate of drug-likeness (QED) is 0.853. The number of carbonyl (C=O) groups is 1. The van der Waals surface area contributed by atoms with E-state index in [-0.39, 0.29) is 11.9 Å². The lowest BCUT2D eigenvalue weighted by Gasteiger charge is -2.27. The fourth-order valence-corrected chi connectivity index (χ4v) is 3.50. The van der Waals surface area contributed by atoms with Crippen molar-refractivity contribution in [3.8, 4) is 11.5 Å². The van der Waals surface area contributed by atoms with Gasteiger partial charge in [-0.15, -0.1) is 0 Å². The van der Waals surface area contributed by atoms with Crippen LogP contribution in [0.15, 0.2) is 42.5 Å². The third-order valence-corrected chi connectivity index (χ3v) is 4.70. The fourth-order valence-electron chi connectivity index (χ4n) is 3.50. The molecule has 1 heterocycles. The molecule has 0 saturated carbocycles. The SMILES string of the molecule is COc1cccc(OC)c1C(=O)N1CCC[C@@H]1c1ccccc1C. The summed E-state index contributed by atoms with van der Waals surface area (Å²) in [4.78, 5) is 15.2. The monoisotopic (exact) mass is 325 g/mol. The van der Waals surface area contributed by atoms with Crippen LogP contribution in [-0.2, 0) is 0 Å². The molecule has 2 aromatic carbocycles. The average molecular weight is 325 g/mol. The second-order valence-electron chi connectivity index (χ2n) is 6.05. The van der Waals surface area contributed by atoms with Gasteiger partial charge in [-0.05, 0) is 43.0 Å². The van der Waals surface area contributed by atoms with E-state index in [0.717, 1.165) is 19.4 Å². The number of aryl methyl sites for hydroxylation is 1. The van der Waals surface area contributed by atoms with Crippen LogP contribution >= 0.6 is 0 Å². The molecule has 1 atom stereocenters. The van der Waals surface area contributed by atoms with E-state index in [1.54, 1.807) is 26.4 Å². The predicted octanol–water partition coefficient (Wildman–Crippen LogP) is 3.99. The first-order chi connectivity index (χ1) is 11.7. The third kappa shape index (κ3) is 2.84. The minimum atomic E-state index is -0.0324. The maximum absolute atomic E-state index is 13.3. The number of likely N-dealkylation sites (tertiary alicyclic amines) is 1. The van der Waals surface area contributed by atoms with Gasteiger partial charge in [0.05, 0.1) is 20.3 Å². The molecule has 0 aromatic heterocycles. The van der Waals surface area contributed by atoms with E-state index in [2.05, 4.69) is 19.1 Å². The maximum Gasteiger partial charge on any atom is 0.261 e. The molecule has 1 aliphatic rings. The Balaban J connectivity index is 2.00. The zero-order valence-corrected chi connectivity index (χ0v) is 14.4. The molecule has 24 heavy (non-hydrogen) atoms. The Kier molecular flexibility index (Phi) is 4.74. The molecule has 0 bridgehead atoms. The number of amides is 1. The van der Waals surface area contributed by atoms with Crippen molar-refractivity contribution >= 4 is 5.91 Å². The van der Waals surface area contributed by atoms with Crippen LogP contribution < -0.4 is 9.47 Å². The first kappa shape index (κ1) is 16.4. The van der Waals surface area contributed by atoms with Crippen LogP contribution in [-0.4, -0.2) is 31.6 Å². The van der Waals surface area contributed by atoms with E-state index >= 15 is 0 Å². The van der Waals surface area contributed by atoms with Gasteiger partial charge >= 0.3 is 0 Å². The normalized spacial score (nSPS) is 17.0. The standard InChI is InChI=1S/C20H23NO3/c1-14-8-4-5-9-15(14)16-10-7-13-21(16)20(22)19-17(23-2)11-6-12-18(19)24-3/h4-6,8-9,11-12,16H,7,10,13H2,1-3H3/t16-/m1/s1. The highest BCUT2D eigenvalue weighted by molar-refractivity contribution is 6.00. The molecule has 1 amide bonds. The maximum atomic E-state index is 13.3. The molecule has 0 spiro atoms. The zero-order valence-electron chi connectivity index (χ0n) is 14.4. The number of hydrogen-bond acceptors (Lipinski definition) is 3. The average Bonchev–Trinajstić information content (AvgIpc) is 3.10. The van der Waals surface area contributed by atoms with E-state index in [1.165, 1.54) is 11.1 Å². The van der Waals surface area contributed by atoms with Crippen LogP contribution in [0.2, 0.25) is 0 Å². The largest absolute Gasteiger partial charge is 0.496 e. The number of carbonyl (C=O) groups excluding carboxylic acids is 1. The lowest BCUT2D eigenvalue weighted by molar-refractivity contribution is 0.0728. The minimum Gasteiger partial charge on any atom is -0.496 e. The smallest absolute Gasteiger partial charge is 0.261 e. The Hall–Kier alpha value is -2.49. The highest BCUT2D eigenvalue weighted by Gasteiger charge is 2.34. The summed E-state index contributed by atoms with van der Waals surface area (Å²) in [6.45, 7) is 2.85. The Morgan fingerprint density at radius 2 is 1.71 bits per heavy atom. The topological polar surface area (TPSA) is 38.8 Å². The summed E-state index contributed by atoms with van der Waals surface area (Å²) in [5.74, 6) is 1.07. The van der Waals surface area contributed by atoms with Gasteiger partial charge in [-0.3, -0.25) is 4.79 Å². The van der Waals surface area contributed by atoms with Crippen molar-refractivity contribution in [2.75, 3.05) is 20.8 Å². The van der Waals surface area contributed by atoms with Gasteiger partial charge in [-0.2, -0.15) is 0 Å². The zero-order chi connectivity index (χ0) is 17.1. The number of hydrogen-bond donors (Lipinski definition) is 0. The lowest BCUT2D eigenvalue weighted by atomic mass is 9.99. The first-order valence-electron chi connectivity index (χ1n) is 8.25. The van der Waals surface area contributed by atoms with Crippen molar-refractivity contribution < 1.29 is 14.3 Å². The Labute approximate surface area is 143 Å². The number of nitrogens with zero attached hydrogens (tertiary/aromatic N) is 1. The van der Waals surface area contributed by atoms with Crippen LogP contribution in [0.3, 0.4) is 0 Å². The molecule has 0 radical (unpaired) electrons. The molecule has 126 valence electrons. The van der Waals surface area contributed by atoms with E-state index in [4.69, 9.17) is 9.47 Å². The molecule has 1 saturated heterocycles. The summed E-state index contributed by atoms with van der Waals surface area (Å²) in [6.07, 6.45) is 1.98. The van der Waals surface area contributed by atoms with Crippen LogP contribution in [0.5, 0.6) is 11.5 Å². The van der Waals surface area contributed by atoms with Crippen molar-refractivity contribution in [3.05, 3.63) is 59.2 Å². The van der Waals surface area contributed by atoms with Crippen molar-refractivity contribution in [2.24, 2.45) is 0 Å². The van der Waals surface area contributed by atoms with Gasteiger partial charge < -0.3 is 14.4 Å². The summed E-state index contributed by atoms with van der Waals surface area (Å²) in [6, 6.07) is 13.8. The summed E-state index contributed by atoms with van der Waals surface area (Å²) in [7, 11) is 3.16. The molecule has 0 aliphatic carbocycles. The second-order valence-corrected chi connectivity index (χ2v) is 6.05. The molecule has 4 heteroatoms. The van der Waals surface area contributed by atoms with E-state index < -0.39 is 0 Å². The second kappa shape index (κ2) is 6.95. The fraction of sp³-hybridized carbons (Fsp3) is 0.350. The molecule has 1 fully saturated rings. The Morgan fingerprint density at radius 3 is 2.33 bits per heavy atom. The molecule has 1 aliphatic heterocycles. The third-order valence-electron chi connectivity index (χ3n) is 4.70.